The third-order valence-electron chi connectivity index (χ3n) is 2.00. The molecule has 0 spiro atoms. The molecule has 1 aliphatic rings. The van der Waals surface area contributed by atoms with Gasteiger partial charge in [0, 0.05) is 0 Å². The van der Waals surface area contributed by atoms with E-state index >= 15 is 0 Å². The number of halogens is 4. The normalized spacial score (nSPS) is 40.8. The van der Waals surface area contributed by atoms with Crippen molar-refractivity contribution in [2.45, 2.75) is 29.4 Å². The molecular formula is C8H10F4Se. The summed E-state index contributed by atoms with van der Waals surface area (Å²) in [4.78, 5) is -0.282. The Hall–Kier alpha value is -0.0205. The fourth-order valence-corrected chi connectivity index (χ4v) is 3.57. The van der Waals surface area contributed by atoms with Crippen LogP contribution in [0.1, 0.15) is 13.8 Å². The summed E-state index contributed by atoms with van der Waals surface area (Å²) in [6.07, 6.45) is -1.75. The van der Waals surface area contributed by atoms with Crippen LogP contribution in [0.25, 0.3) is 0 Å². The van der Waals surface area contributed by atoms with E-state index in [-0.39, 0.29) is 4.82 Å². The molecule has 0 N–H and O–H groups in total. The minimum atomic E-state index is -4.73. The molecule has 0 aromatic rings. The van der Waals surface area contributed by atoms with Crippen molar-refractivity contribution in [1.29, 1.82) is 0 Å². The third kappa shape index (κ3) is 1.91. The van der Waals surface area contributed by atoms with Crippen LogP contribution in [0, 0.1) is 5.92 Å². The Morgan fingerprint density at radius 1 is 1.23 bits per heavy atom. The van der Waals surface area contributed by atoms with Crippen LogP contribution >= 0.6 is 0 Å². The second kappa shape index (κ2) is 3.28. The van der Waals surface area contributed by atoms with E-state index < -0.39 is 31.6 Å². The summed E-state index contributed by atoms with van der Waals surface area (Å²) in [6.45, 7) is 2.89. The molecule has 0 nitrogen and oxygen atoms in total. The van der Waals surface area contributed by atoms with E-state index in [1.165, 1.54) is 13.0 Å². The van der Waals surface area contributed by atoms with Crippen molar-refractivity contribution >= 4 is 15.0 Å². The maximum atomic E-state index is 13.6. The third-order valence-corrected chi connectivity index (χ3v) is 5.10. The Bertz CT molecular complexity index is 223. The van der Waals surface area contributed by atoms with Gasteiger partial charge in [-0.15, -0.1) is 0 Å². The van der Waals surface area contributed by atoms with Crippen LogP contribution in [0.2, 0.25) is 4.82 Å². The maximum absolute atomic E-state index is 13.6. The predicted octanol–water partition coefficient (Wildman–Crippen LogP) is 2.93. The summed E-state index contributed by atoms with van der Waals surface area (Å²) in [5, 5.41) is 0. The van der Waals surface area contributed by atoms with E-state index in [1.54, 1.807) is 13.0 Å². The van der Waals surface area contributed by atoms with Crippen molar-refractivity contribution in [3.05, 3.63) is 12.2 Å². The van der Waals surface area contributed by atoms with Crippen LogP contribution < -0.4 is 0 Å². The van der Waals surface area contributed by atoms with Gasteiger partial charge < -0.3 is 0 Å². The summed E-state index contributed by atoms with van der Waals surface area (Å²) in [7, 11) is 0. The average molecular weight is 261 g/mol. The zero-order valence-corrected chi connectivity index (χ0v) is 8.94. The van der Waals surface area contributed by atoms with Crippen LogP contribution in [0.15, 0.2) is 12.2 Å². The molecule has 0 bridgehead atoms. The first kappa shape index (κ1) is 11.1. The van der Waals surface area contributed by atoms with E-state index in [2.05, 4.69) is 0 Å². The molecule has 0 aliphatic carbocycles. The summed E-state index contributed by atoms with van der Waals surface area (Å²) < 4.78 is 47.7. The van der Waals surface area contributed by atoms with Gasteiger partial charge in [0.1, 0.15) is 0 Å². The van der Waals surface area contributed by atoms with Crippen LogP contribution in [0.5, 0.6) is 0 Å². The molecule has 0 saturated heterocycles. The first-order chi connectivity index (χ1) is 5.77. The number of allylic oxidation sites excluding steroid dienone is 2. The molecule has 0 radical (unpaired) electrons. The Kier molecular flexibility index (Phi) is 2.79. The molecular weight excluding hydrogens is 251 g/mol. The van der Waals surface area contributed by atoms with E-state index in [1.807, 2.05) is 0 Å². The van der Waals surface area contributed by atoms with Crippen LogP contribution in [0.3, 0.4) is 0 Å². The molecule has 0 amide bonds. The van der Waals surface area contributed by atoms with Crippen molar-refractivity contribution in [1.82, 2.24) is 0 Å². The number of hydrogen-bond donors (Lipinski definition) is 0. The van der Waals surface area contributed by atoms with Crippen molar-refractivity contribution in [2.75, 3.05) is 0 Å². The van der Waals surface area contributed by atoms with Gasteiger partial charge in [0.05, 0.1) is 0 Å². The first-order valence-corrected chi connectivity index (χ1v) is 5.73. The van der Waals surface area contributed by atoms with E-state index in [0.717, 1.165) is 0 Å². The molecule has 1 aliphatic heterocycles. The number of alkyl halides is 4. The summed E-state index contributed by atoms with van der Waals surface area (Å²) in [5.41, 5.74) is 0. The van der Waals surface area contributed by atoms with Crippen LogP contribution in [-0.4, -0.2) is 25.7 Å². The van der Waals surface area contributed by atoms with Gasteiger partial charge in [0.25, 0.3) is 0 Å². The van der Waals surface area contributed by atoms with Gasteiger partial charge in [-0.25, -0.2) is 0 Å². The summed E-state index contributed by atoms with van der Waals surface area (Å²) >= 11 is -1.06. The first-order valence-electron chi connectivity index (χ1n) is 3.89. The topological polar surface area (TPSA) is 0 Å². The van der Waals surface area contributed by atoms with Gasteiger partial charge in [-0.1, -0.05) is 0 Å². The molecule has 0 fully saturated rings. The van der Waals surface area contributed by atoms with E-state index in [4.69, 9.17) is 0 Å². The molecule has 13 heavy (non-hydrogen) atoms. The zero-order valence-electron chi connectivity index (χ0n) is 7.23. The van der Waals surface area contributed by atoms with Crippen LogP contribution in [0.4, 0.5) is 17.6 Å². The SMILES string of the molecule is C[C@@H]1C=C[C@H](C)[C@](F)(C(F)(F)F)[Se]1. The van der Waals surface area contributed by atoms with E-state index in [0.29, 0.717) is 0 Å². The standard InChI is InChI=1S/C8H10F4Se/c1-5-3-4-6(2)13-7(5,9)8(10,11)12/h3-6H,1-2H3/t5-,6+,7+/m0/s1. The Balaban J connectivity index is 2.96. The molecule has 5 heteroatoms. The van der Waals surface area contributed by atoms with Crippen molar-refractivity contribution in [3.8, 4) is 0 Å². The quantitative estimate of drug-likeness (QED) is 0.357. The van der Waals surface area contributed by atoms with Gasteiger partial charge in [0.2, 0.25) is 0 Å². The Labute approximate surface area is 80.5 Å². The molecule has 76 valence electrons. The van der Waals surface area contributed by atoms with Gasteiger partial charge in [0.15, 0.2) is 0 Å². The van der Waals surface area contributed by atoms with Gasteiger partial charge in [-0.3, -0.25) is 0 Å². The zero-order chi connectivity index (χ0) is 10.3. The Morgan fingerprint density at radius 3 is 2.15 bits per heavy atom. The molecule has 0 saturated carbocycles. The van der Waals surface area contributed by atoms with Gasteiger partial charge in [-0.05, 0) is 0 Å². The fraction of sp³-hybridized carbons (Fsp3) is 0.750. The monoisotopic (exact) mass is 262 g/mol. The van der Waals surface area contributed by atoms with Crippen LogP contribution in [-0.2, 0) is 0 Å². The molecule has 0 unspecified atom stereocenters. The summed E-state index contributed by atoms with van der Waals surface area (Å²) in [6, 6.07) is 0. The predicted molar refractivity (Wildman–Crippen MR) is 43.4 cm³/mol. The second-order valence-electron chi connectivity index (χ2n) is 3.14. The molecule has 1 rings (SSSR count). The van der Waals surface area contributed by atoms with Crippen molar-refractivity contribution < 1.29 is 17.6 Å². The van der Waals surface area contributed by atoms with Gasteiger partial charge >= 0.3 is 80.0 Å². The molecule has 0 aromatic heterocycles. The van der Waals surface area contributed by atoms with Crippen molar-refractivity contribution in [2.24, 2.45) is 5.92 Å². The fourth-order valence-electron chi connectivity index (χ4n) is 1.19. The minimum absolute atomic E-state index is 0.282. The molecule has 1 heterocycles. The molecule has 0 aromatic carbocycles. The van der Waals surface area contributed by atoms with E-state index in [9.17, 15) is 17.6 Å². The second-order valence-corrected chi connectivity index (χ2v) is 6.44. The van der Waals surface area contributed by atoms with Crippen molar-refractivity contribution in [3.63, 3.8) is 0 Å². The average Bonchev–Trinajstić information content (AvgIpc) is 1.95. The van der Waals surface area contributed by atoms with Gasteiger partial charge in [-0.2, -0.15) is 0 Å². The molecule has 3 atom stereocenters. The number of hydrogen-bond acceptors (Lipinski definition) is 0. The summed E-state index contributed by atoms with van der Waals surface area (Å²) in [5.74, 6) is -1.05. The Morgan fingerprint density at radius 2 is 1.77 bits per heavy atom. The number of rotatable bonds is 0.